The summed E-state index contributed by atoms with van der Waals surface area (Å²) in [5.41, 5.74) is 15.3. The first-order chi connectivity index (χ1) is 20.0. The van der Waals surface area contributed by atoms with E-state index in [9.17, 15) is 0 Å². The van der Waals surface area contributed by atoms with Crippen LogP contribution in [0.25, 0.3) is 23.3 Å². The molecule has 0 amide bonds. The van der Waals surface area contributed by atoms with Gasteiger partial charge in [0.1, 0.15) is 0 Å². The minimum Gasteiger partial charge on any atom is -0.310 e. The third-order valence-electron chi connectivity index (χ3n) is 8.74. The third-order valence-corrected chi connectivity index (χ3v) is 8.74. The standard InChI is InChI=1S/C41H41N/c1-28-11-13-30(14-12-28)15-16-31-17-23-36-37-24-22-35(27-39(37)41(6,7)38(36)26-31)42(34-10-8-9-29(2)25-34)33-20-18-32(19-21-33)40(3,4)5/h8-27H,1-7H3. The van der Waals surface area contributed by atoms with E-state index in [0.717, 1.165) is 0 Å². The molecule has 210 valence electrons. The number of benzene rings is 5. The Bertz CT molecular complexity index is 1780. The van der Waals surface area contributed by atoms with E-state index in [0.29, 0.717) is 0 Å². The summed E-state index contributed by atoms with van der Waals surface area (Å²) in [6.45, 7) is 15.8. The van der Waals surface area contributed by atoms with E-state index in [2.05, 4.69) is 175 Å². The lowest BCUT2D eigenvalue weighted by Gasteiger charge is -2.29. The molecule has 5 aromatic rings. The van der Waals surface area contributed by atoms with Crippen molar-refractivity contribution < 1.29 is 0 Å². The summed E-state index contributed by atoms with van der Waals surface area (Å²) < 4.78 is 0. The van der Waals surface area contributed by atoms with Gasteiger partial charge in [0.2, 0.25) is 0 Å². The quantitative estimate of drug-likeness (QED) is 0.198. The van der Waals surface area contributed by atoms with Crippen molar-refractivity contribution >= 4 is 29.2 Å². The fraction of sp³-hybridized carbons (Fsp3) is 0.220. The van der Waals surface area contributed by atoms with Gasteiger partial charge in [0.15, 0.2) is 0 Å². The van der Waals surface area contributed by atoms with Crippen LogP contribution in [0.15, 0.2) is 109 Å². The zero-order chi connectivity index (χ0) is 29.6. The summed E-state index contributed by atoms with van der Waals surface area (Å²) in [5, 5.41) is 0. The lowest BCUT2D eigenvalue weighted by atomic mass is 9.81. The Morgan fingerprint density at radius 3 is 1.79 bits per heavy atom. The fourth-order valence-corrected chi connectivity index (χ4v) is 6.18. The number of aryl methyl sites for hydroxylation is 2. The number of nitrogens with zero attached hydrogens (tertiary/aromatic N) is 1. The second-order valence-electron chi connectivity index (χ2n) is 13.4. The Balaban J connectivity index is 1.40. The highest BCUT2D eigenvalue weighted by Gasteiger charge is 2.36. The fourth-order valence-electron chi connectivity index (χ4n) is 6.18. The molecular weight excluding hydrogens is 506 g/mol. The molecule has 1 aliphatic rings. The molecule has 0 spiro atoms. The number of anilines is 3. The van der Waals surface area contributed by atoms with Crippen LogP contribution in [0.3, 0.4) is 0 Å². The zero-order valence-corrected chi connectivity index (χ0v) is 26.0. The van der Waals surface area contributed by atoms with Crippen LogP contribution in [0.1, 0.15) is 73.6 Å². The highest BCUT2D eigenvalue weighted by Crippen LogP contribution is 2.51. The van der Waals surface area contributed by atoms with Crippen molar-refractivity contribution in [1.82, 2.24) is 0 Å². The average molecular weight is 548 g/mol. The first-order valence-corrected chi connectivity index (χ1v) is 15.0. The molecule has 0 fully saturated rings. The van der Waals surface area contributed by atoms with E-state index < -0.39 is 0 Å². The van der Waals surface area contributed by atoms with Gasteiger partial charge in [-0.2, -0.15) is 0 Å². The maximum atomic E-state index is 2.41. The maximum Gasteiger partial charge on any atom is 0.0465 e. The van der Waals surface area contributed by atoms with Gasteiger partial charge in [-0.05, 0) is 100 Å². The monoisotopic (exact) mass is 547 g/mol. The van der Waals surface area contributed by atoms with E-state index in [1.165, 1.54) is 67.1 Å². The largest absolute Gasteiger partial charge is 0.310 e. The smallest absolute Gasteiger partial charge is 0.0465 e. The van der Waals surface area contributed by atoms with E-state index in [1.807, 2.05) is 0 Å². The summed E-state index contributed by atoms with van der Waals surface area (Å²) in [5.74, 6) is 0. The molecular formula is C41H41N. The third kappa shape index (κ3) is 5.21. The van der Waals surface area contributed by atoms with Crippen LogP contribution >= 0.6 is 0 Å². The van der Waals surface area contributed by atoms with Gasteiger partial charge >= 0.3 is 0 Å². The summed E-state index contributed by atoms with van der Waals surface area (Å²) in [7, 11) is 0. The molecule has 0 radical (unpaired) electrons. The van der Waals surface area contributed by atoms with Crippen LogP contribution in [-0.2, 0) is 10.8 Å². The van der Waals surface area contributed by atoms with E-state index >= 15 is 0 Å². The molecule has 5 aromatic carbocycles. The molecule has 0 atom stereocenters. The van der Waals surface area contributed by atoms with Crippen LogP contribution in [0.5, 0.6) is 0 Å². The molecule has 1 heteroatoms. The van der Waals surface area contributed by atoms with Crippen LogP contribution in [0.4, 0.5) is 17.1 Å². The molecule has 0 aliphatic heterocycles. The van der Waals surface area contributed by atoms with Crippen LogP contribution in [0, 0.1) is 13.8 Å². The van der Waals surface area contributed by atoms with Crippen molar-refractivity contribution in [2.45, 2.75) is 59.3 Å². The Kier molecular flexibility index (Phi) is 6.93. The topological polar surface area (TPSA) is 3.24 Å². The van der Waals surface area contributed by atoms with Gasteiger partial charge < -0.3 is 4.90 Å². The molecule has 0 saturated heterocycles. The van der Waals surface area contributed by atoms with Gasteiger partial charge in [0, 0.05) is 22.5 Å². The Morgan fingerprint density at radius 1 is 0.548 bits per heavy atom. The second kappa shape index (κ2) is 10.5. The van der Waals surface area contributed by atoms with Gasteiger partial charge in [0.05, 0.1) is 0 Å². The first kappa shape index (κ1) is 27.8. The SMILES string of the molecule is Cc1ccc(C=Cc2ccc3c(c2)C(C)(C)c2cc(N(c4ccc(C(C)(C)C)cc4)c4cccc(C)c4)ccc2-3)cc1. The van der Waals surface area contributed by atoms with E-state index in [1.54, 1.807) is 0 Å². The number of hydrogen-bond donors (Lipinski definition) is 0. The molecule has 1 aliphatic carbocycles. The van der Waals surface area contributed by atoms with Gasteiger partial charge in [-0.1, -0.05) is 125 Å². The molecule has 6 rings (SSSR count). The Hall–Kier alpha value is -4.36. The zero-order valence-electron chi connectivity index (χ0n) is 26.0. The van der Waals surface area contributed by atoms with Crippen molar-refractivity contribution in [2.75, 3.05) is 4.90 Å². The van der Waals surface area contributed by atoms with Crippen molar-refractivity contribution in [3.8, 4) is 11.1 Å². The lowest BCUT2D eigenvalue weighted by Crippen LogP contribution is -2.17. The highest BCUT2D eigenvalue weighted by molar-refractivity contribution is 5.86. The number of rotatable bonds is 5. The lowest BCUT2D eigenvalue weighted by molar-refractivity contribution is 0.590. The van der Waals surface area contributed by atoms with Crippen molar-refractivity contribution in [3.05, 3.63) is 148 Å². The molecule has 42 heavy (non-hydrogen) atoms. The van der Waals surface area contributed by atoms with E-state index in [-0.39, 0.29) is 10.8 Å². The Morgan fingerprint density at radius 2 is 1.12 bits per heavy atom. The van der Waals surface area contributed by atoms with Gasteiger partial charge in [-0.15, -0.1) is 0 Å². The van der Waals surface area contributed by atoms with Crippen molar-refractivity contribution in [3.63, 3.8) is 0 Å². The molecule has 0 saturated carbocycles. The van der Waals surface area contributed by atoms with Crippen LogP contribution in [-0.4, -0.2) is 0 Å². The molecule has 0 bridgehead atoms. The van der Waals surface area contributed by atoms with Crippen molar-refractivity contribution in [1.29, 1.82) is 0 Å². The van der Waals surface area contributed by atoms with Crippen molar-refractivity contribution in [2.24, 2.45) is 0 Å². The van der Waals surface area contributed by atoms with Gasteiger partial charge in [0.25, 0.3) is 0 Å². The number of fused-ring (bicyclic) bond motifs is 3. The summed E-state index contributed by atoms with van der Waals surface area (Å²) in [6, 6.07) is 40.5. The predicted octanol–water partition coefficient (Wildman–Crippen LogP) is 11.5. The van der Waals surface area contributed by atoms with Crippen LogP contribution in [0.2, 0.25) is 0 Å². The molecule has 0 aromatic heterocycles. The predicted molar refractivity (Wildman–Crippen MR) is 182 cm³/mol. The second-order valence-corrected chi connectivity index (χ2v) is 13.4. The van der Waals surface area contributed by atoms with Gasteiger partial charge in [-0.25, -0.2) is 0 Å². The molecule has 0 heterocycles. The van der Waals surface area contributed by atoms with Gasteiger partial charge in [-0.3, -0.25) is 0 Å². The minimum absolute atomic E-state index is 0.108. The molecule has 0 unspecified atom stereocenters. The average Bonchev–Trinajstić information content (AvgIpc) is 3.18. The summed E-state index contributed by atoms with van der Waals surface area (Å²) in [6.07, 6.45) is 4.44. The maximum absolute atomic E-state index is 2.41. The molecule has 0 N–H and O–H groups in total. The first-order valence-electron chi connectivity index (χ1n) is 15.0. The van der Waals surface area contributed by atoms with E-state index in [4.69, 9.17) is 0 Å². The summed E-state index contributed by atoms with van der Waals surface area (Å²) in [4.78, 5) is 2.40. The summed E-state index contributed by atoms with van der Waals surface area (Å²) >= 11 is 0. The Labute approximate surface area is 252 Å². The minimum atomic E-state index is -0.108. The normalized spacial score (nSPS) is 13.7. The highest BCUT2D eigenvalue weighted by atomic mass is 15.1. The van der Waals surface area contributed by atoms with Crippen LogP contribution < -0.4 is 4.90 Å². The molecule has 1 nitrogen and oxygen atoms in total. The number of hydrogen-bond acceptors (Lipinski definition) is 1.